The van der Waals surface area contributed by atoms with Crippen LogP contribution in [0.2, 0.25) is 0 Å². The number of hydrogen-bond donors (Lipinski definition) is 0. The van der Waals surface area contributed by atoms with Gasteiger partial charge in [0.1, 0.15) is 0 Å². The SMILES string of the molecule is Cc1ccc(-n2c3ccccc3c3c4ccccc4ccc32)cc1.Cc1ccc(-n2c3ccccc3c3ccc4ccccc4c32)cc1.Cc1ccc(-n2c3ccccc3c3ccccc32)cc1.Cc1ccc(N(c2ccc(-c3ccccc3)cc2)c2ccc3c(c2)C(C)(C)c2ccccc2-3)cc1.Cc1ccc2c(c1)c1ccccc1n2-c1ccccc1.Cc1ccc2c3ccccc3n(-c3ccccc3)c2c1. The smallest absolute Gasteiger partial charge is 0.0619 e. The fourth-order valence-corrected chi connectivity index (χ4v) is 21.6. The summed E-state index contributed by atoms with van der Waals surface area (Å²) in [6.45, 7) is 17.5. The van der Waals surface area contributed by atoms with Crippen LogP contribution in [0.15, 0.2) is 510 Å². The van der Waals surface area contributed by atoms with Crippen molar-refractivity contribution in [2.24, 2.45) is 0 Å². The molecule has 27 aromatic rings. The summed E-state index contributed by atoms with van der Waals surface area (Å²) < 4.78 is 11.8. The Morgan fingerprint density at radius 3 is 1.02 bits per heavy atom. The Balaban J connectivity index is 0.0000000964. The Morgan fingerprint density at radius 1 is 0.175 bits per heavy atom. The highest BCUT2D eigenvalue weighted by atomic mass is 15.1. The minimum atomic E-state index is -0.0297. The first-order chi connectivity index (χ1) is 70.2. The maximum atomic E-state index is 2.40. The zero-order valence-electron chi connectivity index (χ0n) is 81.7. The molecule has 0 N–H and O–H groups in total. The fourth-order valence-electron chi connectivity index (χ4n) is 21.6. The zero-order chi connectivity index (χ0) is 96.8. The molecule has 0 bridgehead atoms. The predicted molar refractivity (Wildman–Crippen MR) is 611 cm³/mol. The molecule has 5 aromatic heterocycles. The van der Waals surface area contributed by atoms with E-state index in [1.54, 1.807) is 0 Å². The molecule has 1 aliphatic carbocycles. The summed E-state index contributed by atoms with van der Waals surface area (Å²) in [7, 11) is 0. The van der Waals surface area contributed by atoms with Crippen molar-refractivity contribution in [3.8, 4) is 50.7 Å². The second-order valence-corrected chi connectivity index (χ2v) is 38.3. The molecular weight excluding hydrogens is 1730 g/mol. The summed E-state index contributed by atoms with van der Waals surface area (Å²) in [6, 6.07) is 183. The zero-order valence-corrected chi connectivity index (χ0v) is 81.7. The highest BCUT2D eigenvalue weighted by molar-refractivity contribution is 6.22. The first-order valence-corrected chi connectivity index (χ1v) is 49.6. The van der Waals surface area contributed by atoms with E-state index in [2.05, 4.69) is 593 Å². The lowest BCUT2D eigenvalue weighted by Gasteiger charge is -2.28. The molecule has 143 heavy (non-hydrogen) atoms. The van der Waals surface area contributed by atoms with Gasteiger partial charge in [-0.25, -0.2) is 0 Å². The average Bonchev–Trinajstić information content (AvgIpc) is 1.59. The number of benzene rings is 22. The van der Waals surface area contributed by atoms with Gasteiger partial charge in [-0.2, -0.15) is 0 Å². The van der Waals surface area contributed by atoms with E-state index >= 15 is 0 Å². The molecule has 1 aliphatic rings. The van der Waals surface area contributed by atoms with Gasteiger partial charge in [0, 0.05) is 110 Å². The third-order valence-electron chi connectivity index (χ3n) is 28.6. The third kappa shape index (κ3) is 16.8. The lowest BCUT2D eigenvalue weighted by atomic mass is 9.82. The van der Waals surface area contributed by atoms with Crippen molar-refractivity contribution in [2.75, 3.05) is 4.90 Å². The minimum Gasteiger partial charge on any atom is -0.310 e. The van der Waals surface area contributed by atoms with Crippen LogP contribution in [-0.4, -0.2) is 22.8 Å². The Kier molecular flexibility index (Phi) is 23.8. The number of rotatable bonds is 9. The second-order valence-electron chi connectivity index (χ2n) is 38.3. The molecule has 0 saturated heterocycles. The molecule has 6 heteroatoms. The highest BCUT2D eigenvalue weighted by Crippen LogP contribution is 2.52. The molecule has 0 spiro atoms. The van der Waals surface area contributed by atoms with Gasteiger partial charge in [-0.15, -0.1) is 0 Å². The van der Waals surface area contributed by atoms with Crippen molar-refractivity contribution in [1.29, 1.82) is 0 Å². The van der Waals surface area contributed by atoms with E-state index in [1.807, 2.05) is 0 Å². The number of fused-ring (bicyclic) bond motifs is 22. The molecule has 0 atom stereocenters. The number of nitrogens with zero attached hydrogens (tertiary/aromatic N) is 6. The van der Waals surface area contributed by atoms with Gasteiger partial charge in [-0.05, 0) is 254 Å². The van der Waals surface area contributed by atoms with Crippen LogP contribution < -0.4 is 4.90 Å². The predicted octanol–water partition coefficient (Wildman–Crippen LogP) is 37.2. The highest BCUT2D eigenvalue weighted by Gasteiger charge is 2.36. The van der Waals surface area contributed by atoms with Gasteiger partial charge in [0.25, 0.3) is 0 Å². The van der Waals surface area contributed by atoms with Gasteiger partial charge < -0.3 is 27.7 Å². The van der Waals surface area contributed by atoms with Gasteiger partial charge in [0.05, 0.1) is 55.2 Å². The van der Waals surface area contributed by atoms with E-state index in [-0.39, 0.29) is 5.41 Å². The van der Waals surface area contributed by atoms with Crippen LogP contribution in [0.3, 0.4) is 0 Å². The van der Waals surface area contributed by atoms with E-state index in [0.29, 0.717) is 0 Å². The monoisotopic (exact) mass is 1840 g/mol. The topological polar surface area (TPSA) is 27.9 Å². The summed E-state index contributed by atoms with van der Waals surface area (Å²) >= 11 is 0. The lowest BCUT2D eigenvalue weighted by molar-refractivity contribution is 0.660. The first-order valence-electron chi connectivity index (χ1n) is 49.6. The maximum absolute atomic E-state index is 2.40. The Labute approximate surface area is 835 Å². The van der Waals surface area contributed by atoms with Crippen molar-refractivity contribution < 1.29 is 0 Å². The van der Waals surface area contributed by atoms with Crippen LogP contribution >= 0.6 is 0 Å². The number of aryl methyl sites for hydroxylation is 6. The van der Waals surface area contributed by atoms with E-state index in [1.165, 1.54) is 231 Å². The summed E-state index contributed by atoms with van der Waals surface area (Å²) in [5.74, 6) is 0. The van der Waals surface area contributed by atoms with Gasteiger partial charge in [-0.3, -0.25) is 0 Å². The molecular formula is C137H108N6. The Bertz CT molecular complexity index is 9320. The quantitative estimate of drug-likeness (QED) is 0.142. The van der Waals surface area contributed by atoms with Crippen LogP contribution in [0.1, 0.15) is 58.4 Å². The molecule has 0 radical (unpaired) electrons. The van der Waals surface area contributed by atoms with Crippen LogP contribution in [0.4, 0.5) is 17.1 Å². The Morgan fingerprint density at radius 2 is 0.490 bits per heavy atom. The fraction of sp³-hybridized carbons (Fsp3) is 0.0657. The molecule has 686 valence electrons. The molecule has 5 heterocycles. The maximum Gasteiger partial charge on any atom is 0.0619 e. The van der Waals surface area contributed by atoms with Gasteiger partial charge >= 0.3 is 0 Å². The summed E-state index contributed by atoms with van der Waals surface area (Å²) in [4.78, 5) is 2.37. The number of para-hydroxylation sites is 8. The van der Waals surface area contributed by atoms with Crippen LogP contribution in [0.5, 0.6) is 0 Å². The normalized spacial score (nSPS) is 11.8. The molecule has 28 rings (SSSR count). The second kappa shape index (κ2) is 38.2. The molecule has 0 unspecified atom stereocenters. The average molecular weight is 1840 g/mol. The molecule has 0 saturated carbocycles. The largest absolute Gasteiger partial charge is 0.310 e. The number of hydrogen-bond acceptors (Lipinski definition) is 1. The van der Waals surface area contributed by atoms with Crippen molar-refractivity contribution in [3.05, 3.63) is 554 Å². The molecule has 6 nitrogen and oxygen atoms in total. The van der Waals surface area contributed by atoms with Crippen LogP contribution in [0, 0.1) is 41.5 Å². The molecule has 0 fully saturated rings. The summed E-state index contributed by atoms with van der Waals surface area (Å²) in [5, 5.41) is 18.3. The molecule has 0 amide bonds. The summed E-state index contributed by atoms with van der Waals surface area (Å²) in [6.07, 6.45) is 0. The minimum absolute atomic E-state index is 0.0297. The molecule has 22 aromatic carbocycles. The van der Waals surface area contributed by atoms with E-state index in [9.17, 15) is 0 Å². The van der Waals surface area contributed by atoms with Crippen molar-refractivity contribution in [2.45, 2.75) is 60.8 Å². The number of anilines is 3. The standard InChI is InChI=1S/C34H29N.2C23H17N.3C19H15N/c1-24-13-17-27(18-14-24)35(28-19-15-26(16-20-28)25-9-5-4-6-10-25)29-21-22-31-30-11-7-8-12-32(30)34(2,3)33(31)23-29;1-16-10-13-18(14-11-16)24-22-9-5-4-8-20(22)21-15-12-17-6-2-3-7-19(17)23(21)24;1-16-10-13-18(14-11-16)24-21-9-5-4-8-20(21)23-19-7-3-2-6-17(19)12-15-22(23)24;1-14-10-12-15(13-11-14)20-18-8-4-2-6-16(18)17-7-3-5-9-19(17)20;1-14-11-12-19-17(13-14)16-9-5-6-10-18(16)20(19)15-7-3-2-4-8-15;1-14-11-12-17-16-9-5-6-10-18(16)20(19(17)13-14)15-7-3-2-4-8-15/h4-23H,1-3H3;2*2-15H,1H3;3*2-13H,1H3. The lowest BCUT2D eigenvalue weighted by Crippen LogP contribution is -2.16. The third-order valence-corrected chi connectivity index (χ3v) is 28.6. The molecule has 0 aliphatic heterocycles. The number of aromatic nitrogens is 5. The van der Waals surface area contributed by atoms with Crippen LogP contribution in [-0.2, 0) is 5.41 Å². The van der Waals surface area contributed by atoms with Crippen molar-refractivity contribution in [3.63, 3.8) is 0 Å². The van der Waals surface area contributed by atoms with Gasteiger partial charge in [-0.1, -0.05) is 394 Å². The van der Waals surface area contributed by atoms with E-state index < -0.39 is 0 Å². The first kappa shape index (κ1) is 89.1. The van der Waals surface area contributed by atoms with Crippen molar-refractivity contribution in [1.82, 2.24) is 22.8 Å². The van der Waals surface area contributed by atoms with Crippen molar-refractivity contribution >= 4 is 148 Å². The summed E-state index contributed by atoms with van der Waals surface area (Å²) in [5.41, 5.74) is 37.8. The van der Waals surface area contributed by atoms with Gasteiger partial charge in [0.15, 0.2) is 0 Å². The van der Waals surface area contributed by atoms with E-state index in [4.69, 9.17) is 0 Å². The van der Waals surface area contributed by atoms with Crippen LogP contribution in [0.25, 0.3) is 181 Å². The van der Waals surface area contributed by atoms with Gasteiger partial charge in [0.2, 0.25) is 0 Å². The Hall–Kier alpha value is -17.8. The van der Waals surface area contributed by atoms with E-state index in [0.717, 1.165) is 11.4 Å².